The van der Waals surface area contributed by atoms with E-state index in [0.29, 0.717) is 6.54 Å². The van der Waals surface area contributed by atoms with Gasteiger partial charge in [-0.1, -0.05) is 30.3 Å². The highest BCUT2D eigenvalue weighted by molar-refractivity contribution is 7.89. The van der Waals surface area contributed by atoms with Gasteiger partial charge in [-0.15, -0.1) is 0 Å². The molecule has 140 valence electrons. The summed E-state index contributed by atoms with van der Waals surface area (Å²) in [6.45, 7) is 0.235. The van der Waals surface area contributed by atoms with E-state index >= 15 is 0 Å². The highest BCUT2D eigenvalue weighted by Gasteiger charge is 2.31. The lowest BCUT2D eigenvalue weighted by atomic mass is 10.2. The van der Waals surface area contributed by atoms with Gasteiger partial charge in [0.1, 0.15) is 5.82 Å². The Morgan fingerprint density at radius 3 is 2.27 bits per heavy atom. The summed E-state index contributed by atoms with van der Waals surface area (Å²) in [5.41, 5.74) is -0.302. The standard InChI is InChI=1S/C17H20FN3O4S/c1-19(2)11-12-20(13-14-7-3-4-8-15(14)18)26(24,25)17-10-6-5-9-16(17)21(22)23/h3-10H,11-13H2,1-2H3. The predicted octanol–water partition coefficient (Wildman–Crippen LogP) is 2.49. The van der Waals surface area contributed by atoms with E-state index in [2.05, 4.69) is 0 Å². The molecular weight excluding hydrogens is 361 g/mol. The van der Waals surface area contributed by atoms with Gasteiger partial charge in [-0.25, -0.2) is 12.8 Å². The van der Waals surface area contributed by atoms with Gasteiger partial charge in [0.2, 0.25) is 10.0 Å². The molecule has 0 aliphatic rings. The van der Waals surface area contributed by atoms with Crippen LogP contribution in [0.2, 0.25) is 0 Å². The van der Waals surface area contributed by atoms with Crippen LogP contribution < -0.4 is 0 Å². The van der Waals surface area contributed by atoms with Crippen LogP contribution in [-0.4, -0.2) is 49.7 Å². The zero-order chi connectivity index (χ0) is 19.3. The fourth-order valence-corrected chi connectivity index (χ4v) is 3.94. The number of rotatable bonds is 8. The smallest absolute Gasteiger partial charge is 0.289 e. The Morgan fingerprint density at radius 1 is 1.04 bits per heavy atom. The fourth-order valence-electron chi connectivity index (χ4n) is 2.38. The third kappa shape index (κ3) is 4.63. The number of benzene rings is 2. The van der Waals surface area contributed by atoms with E-state index in [-0.39, 0.29) is 18.7 Å². The zero-order valence-electron chi connectivity index (χ0n) is 14.5. The van der Waals surface area contributed by atoms with E-state index in [1.54, 1.807) is 25.1 Å². The Balaban J connectivity index is 2.46. The van der Waals surface area contributed by atoms with Crippen molar-refractivity contribution in [3.05, 3.63) is 70.0 Å². The number of hydrogen-bond donors (Lipinski definition) is 0. The van der Waals surface area contributed by atoms with Crippen LogP contribution in [0.25, 0.3) is 0 Å². The molecule has 0 fully saturated rings. The second-order valence-corrected chi connectivity index (χ2v) is 7.86. The fraction of sp³-hybridized carbons (Fsp3) is 0.294. The van der Waals surface area contributed by atoms with Crippen LogP contribution in [0.4, 0.5) is 10.1 Å². The molecule has 26 heavy (non-hydrogen) atoms. The van der Waals surface area contributed by atoms with Crippen LogP contribution in [0.3, 0.4) is 0 Å². The molecule has 0 amide bonds. The summed E-state index contributed by atoms with van der Waals surface area (Å²) >= 11 is 0. The topological polar surface area (TPSA) is 83.8 Å². The summed E-state index contributed by atoms with van der Waals surface area (Å²) in [5, 5.41) is 11.2. The van der Waals surface area contributed by atoms with E-state index in [4.69, 9.17) is 0 Å². The molecular formula is C17H20FN3O4S. The quantitative estimate of drug-likeness (QED) is 0.518. The number of nitro groups is 1. The Labute approximate surface area is 151 Å². The number of sulfonamides is 1. The van der Waals surface area contributed by atoms with Crippen LogP contribution in [-0.2, 0) is 16.6 Å². The molecule has 0 spiro atoms. The second kappa shape index (κ2) is 8.35. The van der Waals surface area contributed by atoms with Crippen molar-refractivity contribution in [2.75, 3.05) is 27.2 Å². The molecule has 9 heteroatoms. The second-order valence-electron chi connectivity index (χ2n) is 5.96. The molecule has 0 heterocycles. The predicted molar refractivity (Wildman–Crippen MR) is 95.6 cm³/mol. The summed E-state index contributed by atoms with van der Waals surface area (Å²) in [6.07, 6.45) is 0. The Kier molecular flexibility index (Phi) is 6.41. The van der Waals surface area contributed by atoms with Crippen molar-refractivity contribution in [2.45, 2.75) is 11.4 Å². The van der Waals surface area contributed by atoms with Crippen molar-refractivity contribution < 1.29 is 17.7 Å². The summed E-state index contributed by atoms with van der Waals surface area (Å²) in [4.78, 5) is 11.9. The Hall–Kier alpha value is -2.36. The van der Waals surface area contributed by atoms with Crippen LogP contribution >= 0.6 is 0 Å². The van der Waals surface area contributed by atoms with Crippen molar-refractivity contribution in [1.82, 2.24) is 9.21 Å². The molecule has 0 N–H and O–H groups in total. The molecule has 2 rings (SSSR count). The van der Waals surface area contributed by atoms with Crippen molar-refractivity contribution >= 4 is 15.7 Å². The van der Waals surface area contributed by atoms with E-state index in [0.717, 1.165) is 10.4 Å². The first kappa shape index (κ1) is 20.0. The Morgan fingerprint density at radius 2 is 1.65 bits per heavy atom. The molecule has 0 aliphatic carbocycles. The van der Waals surface area contributed by atoms with Crippen molar-refractivity contribution in [3.8, 4) is 0 Å². The zero-order valence-corrected chi connectivity index (χ0v) is 15.3. The third-order valence-corrected chi connectivity index (χ3v) is 5.67. The first-order valence-corrected chi connectivity index (χ1v) is 9.29. The Bertz CT molecular complexity index is 887. The van der Waals surface area contributed by atoms with E-state index < -0.39 is 31.3 Å². The first-order chi connectivity index (χ1) is 12.2. The lowest BCUT2D eigenvalue weighted by Gasteiger charge is -2.24. The van der Waals surface area contributed by atoms with Gasteiger partial charge in [0.05, 0.1) is 4.92 Å². The highest BCUT2D eigenvalue weighted by atomic mass is 32.2. The average molecular weight is 381 g/mol. The van der Waals surface area contributed by atoms with Gasteiger partial charge in [-0.05, 0) is 26.2 Å². The molecule has 2 aromatic rings. The average Bonchev–Trinajstić information content (AvgIpc) is 2.59. The van der Waals surface area contributed by atoms with Crippen LogP contribution in [0, 0.1) is 15.9 Å². The maximum atomic E-state index is 14.0. The van der Waals surface area contributed by atoms with Crippen LogP contribution in [0.1, 0.15) is 5.56 Å². The van der Waals surface area contributed by atoms with E-state index in [1.165, 1.54) is 36.4 Å². The third-order valence-electron chi connectivity index (χ3n) is 3.78. The molecule has 0 saturated carbocycles. The van der Waals surface area contributed by atoms with Crippen LogP contribution in [0.5, 0.6) is 0 Å². The maximum absolute atomic E-state index is 14.0. The minimum atomic E-state index is -4.19. The SMILES string of the molecule is CN(C)CCN(Cc1ccccc1F)S(=O)(=O)c1ccccc1[N+](=O)[O-]. The van der Waals surface area contributed by atoms with Crippen molar-refractivity contribution in [3.63, 3.8) is 0 Å². The first-order valence-electron chi connectivity index (χ1n) is 7.85. The van der Waals surface area contributed by atoms with Gasteiger partial charge in [-0.3, -0.25) is 10.1 Å². The number of likely N-dealkylation sites (N-methyl/N-ethyl adjacent to an activating group) is 1. The van der Waals surface area contributed by atoms with Gasteiger partial charge in [0.15, 0.2) is 4.90 Å². The molecule has 0 radical (unpaired) electrons. The molecule has 7 nitrogen and oxygen atoms in total. The lowest BCUT2D eigenvalue weighted by molar-refractivity contribution is -0.387. The van der Waals surface area contributed by atoms with Gasteiger partial charge >= 0.3 is 0 Å². The summed E-state index contributed by atoms with van der Waals surface area (Å²) in [6, 6.07) is 11.0. The van der Waals surface area contributed by atoms with Crippen molar-refractivity contribution in [1.29, 1.82) is 0 Å². The van der Waals surface area contributed by atoms with Crippen LogP contribution in [0.15, 0.2) is 53.4 Å². The van der Waals surface area contributed by atoms with Gasteiger partial charge in [-0.2, -0.15) is 4.31 Å². The molecule has 0 atom stereocenters. The summed E-state index contributed by atoms with van der Waals surface area (Å²) < 4.78 is 41.2. The van der Waals surface area contributed by atoms with E-state index in [9.17, 15) is 22.9 Å². The molecule has 0 unspecified atom stereocenters. The van der Waals surface area contributed by atoms with Gasteiger partial charge in [0.25, 0.3) is 5.69 Å². The lowest BCUT2D eigenvalue weighted by Crippen LogP contribution is -2.36. The van der Waals surface area contributed by atoms with E-state index in [1.807, 2.05) is 0 Å². The molecule has 0 aliphatic heterocycles. The minimum Gasteiger partial charge on any atom is -0.308 e. The van der Waals surface area contributed by atoms with Gasteiger partial charge in [0, 0.05) is 31.3 Å². The number of hydrogen-bond acceptors (Lipinski definition) is 5. The number of nitro benzene ring substituents is 1. The number of nitrogens with zero attached hydrogens (tertiary/aromatic N) is 3. The minimum absolute atomic E-state index is 0.0652. The highest BCUT2D eigenvalue weighted by Crippen LogP contribution is 2.27. The summed E-state index contributed by atoms with van der Waals surface area (Å²) in [5.74, 6) is -0.528. The van der Waals surface area contributed by atoms with Gasteiger partial charge < -0.3 is 4.90 Å². The molecule has 0 saturated heterocycles. The number of para-hydroxylation sites is 1. The molecule has 0 aromatic heterocycles. The summed E-state index contributed by atoms with van der Waals surface area (Å²) in [7, 11) is -0.636. The van der Waals surface area contributed by atoms with Crippen molar-refractivity contribution in [2.24, 2.45) is 0 Å². The normalized spacial score (nSPS) is 11.9. The number of halogens is 1. The largest absolute Gasteiger partial charge is 0.308 e. The monoisotopic (exact) mass is 381 g/mol. The molecule has 0 bridgehead atoms. The maximum Gasteiger partial charge on any atom is 0.289 e. The molecule has 2 aromatic carbocycles.